The minimum atomic E-state index is -0.711. The lowest BCUT2D eigenvalue weighted by atomic mass is 10.1. The Morgan fingerprint density at radius 3 is 2.36 bits per heavy atom. The number of nitrogens with zero attached hydrogens (tertiary/aromatic N) is 1. The highest BCUT2D eigenvalue weighted by atomic mass is 16.4. The normalized spacial score (nSPS) is 13.5. The maximum Gasteiger partial charge on any atom is 0.304 e. The molecule has 0 aromatic rings. The first-order chi connectivity index (χ1) is 5.07. The number of carboxylic acid groups (broad SMARTS) is 1. The Morgan fingerprint density at radius 1 is 1.55 bits per heavy atom. The van der Waals surface area contributed by atoms with E-state index < -0.39 is 5.97 Å². The topological polar surface area (TPSA) is 40.5 Å². The van der Waals surface area contributed by atoms with Crippen LogP contribution in [0.2, 0.25) is 0 Å². The average Bonchev–Trinajstić information content (AvgIpc) is 1.86. The summed E-state index contributed by atoms with van der Waals surface area (Å²) >= 11 is 0. The highest BCUT2D eigenvalue weighted by Crippen LogP contribution is 2.06. The molecule has 1 atom stereocenters. The predicted octanol–water partition coefficient (Wildman–Crippen LogP) is 1.19. The molecule has 1 unspecified atom stereocenters. The molecule has 1 N–H and O–H groups in total. The zero-order chi connectivity index (χ0) is 8.85. The highest BCUT2D eigenvalue weighted by molar-refractivity contribution is 5.67. The van der Waals surface area contributed by atoms with Crippen LogP contribution in [0.25, 0.3) is 0 Å². The van der Waals surface area contributed by atoms with Crippen molar-refractivity contribution in [2.45, 2.75) is 32.2 Å². The third-order valence-corrected chi connectivity index (χ3v) is 1.76. The van der Waals surface area contributed by atoms with Gasteiger partial charge >= 0.3 is 5.97 Å². The quantitative estimate of drug-likeness (QED) is 0.655. The third-order valence-electron chi connectivity index (χ3n) is 1.76. The predicted molar refractivity (Wildman–Crippen MR) is 44.6 cm³/mol. The van der Waals surface area contributed by atoms with E-state index in [-0.39, 0.29) is 12.5 Å². The Labute approximate surface area is 68.0 Å². The molecule has 0 radical (unpaired) electrons. The Bertz CT molecular complexity index is 123. The maximum atomic E-state index is 10.4. The van der Waals surface area contributed by atoms with E-state index in [2.05, 4.69) is 6.92 Å². The molecule has 0 heterocycles. The molecule has 0 aliphatic heterocycles. The van der Waals surface area contributed by atoms with E-state index in [0.717, 1.165) is 12.8 Å². The Kier molecular flexibility index (Phi) is 4.86. The molecule has 0 aliphatic carbocycles. The summed E-state index contributed by atoms with van der Waals surface area (Å²) in [6.07, 6.45) is 2.25. The molecule has 0 aliphatic rings. The molecule has 0 saturated heterocycles. The second-order valence-electron chi connectivity index (χ2n) is 3.00. The number of hydrogen-bond acceptors (Lipinski definition) is 2. The molecular formula is C8H17NO2. The summed E-state index contributed by atoms with van der Waals surface area (Å²) < 4.78 is 0. The van der Waals surface area contributed by atoms with E-state index in [1.165, 1.54) is 0 Å². The number of aliphatic carboxylic acids is 1. The zero-order valence-corrected chi connectivity index (χ0v) is 7.50. The van der Waals surface area contributed by atoms with Crippen LogP contribution < -0.4 is 0 Å². The summed E-state index contributed by atoms with van der Waals surface area (Å²) in [4.78, 5) is 12.3. The van der Waals surface area contributed by atoms with Gasteiger partial charge in [0, 0.05) is 6.04 Å². The first kappa shape index (κ1) is 10.4. The molecule has 0 aromatic heterocycles. The smallest absolute Gasteiger partial charge is 0.304 e. The first-order valence-electron chi connectivity index (χ1n) is 3.96. The van der Waals surface area contributed by atoms with Crippen LogP contribution in [0.1, 0.15) is 26.2 Å². The third kappa shape index (κ3) is 4.79. The van der Waals surface area contributed by atoms with Gasteiger partial charge in [-0.05, 0) is 20.5 Å². The fourth-order valence-electron chi connectivity index (χ4n) is 1.08. The molecule has 11 heavy (non-hydrogen) atoms. The van der Waals surface area contributed by atoms with Crippen LogP contribution >= 0.6 is 0 Å². The van der Waals surface area contributed by atoms with Crippen LogP contribution in [0.4, 0.5) is 0 Å². The van der Waals surface area contributed by atoms with Gasteiger partial charge in [0.15, 0.2) is 0 Å². The van der Waals surface area contributed by atoms with Crippen molar-refractivity contribution in [3.05, 3.63) is 0 Å². The van der Waals surface area contributed by atoms with Gasteiger partial charge in [-0.15, -0.1) is 0 Å². The van der Waals surface area contributed by atoms with Crippen LogP contribution in [-0.4, -0.2) is 36.1 Å². The van der Waals surface area contributed by atoms with E-state index in [0.29, 0.717) is 0 Å². The molecule has 0 saturated carbocycles. The molecular weight excluding hydrogens is 142 g/mol. The van der Waals surface area contributed by atoms with Crippen molar-refractivity contribution < 1.29 is 9.90 Å². The molecule has 0 rings (SSSR count). The first-order valence-corrected chi connectivity index (χ1v) is 3.96. The molecule has 66 valence electrons. The molecule has 0 fully saturated rings. The van der Waals surface area contributed by atoms with Gasteiger partial charge in [0.1, 0.15) is 0 Å². The van der Waals surface area contributed by atoms with Gasteiger partial charge < -0.3 is 10.0 Å². The van der Waals surface area contributed by atoms with Crippen molar-refractivity contribution in [3.63, 3.8) is 0 Å². The minimum absolute atomic E-state index is 0.192. The number of rotatable bonds is 5. The number of carbonyl (C=O) groups is 1. The van der Waals surface area contributed by atoms with Crippen LogP contribution in [0, 0.1) is 0 Å². The lowest BCUT2D eigenvalue weighted by Gasteiger charge is -2.21. The number of carboxylic acids is 1. The van der Waals surface area contributed by atoms with Crippen molar-refractivity contribution in [1.82, 2.24) is 4.90 Å². The standard InChI is InChI=1S/C8H17NO2/c1-4-5-7(9(2)3)6-8(10)11/h7H,4-6H2,1-3H3,(H,10,11). The molecule has 3 heteroatoms. The summed E-state index contributed by atoms with van der Waals surface area (Å²) in [6, 6.07) is 0.192. The lowest BCUT2D eigenvalue weighted by Crippen LogP contribution is -2.30. The average molecular weight is 159 g/mol. The molecule has 0 bridgehead atoms. The van der Waals surface area contributed by atoms with Gasteiger partial charge in [0.05, 0.1) is 6.42 Å². The number of hydrogen-bond donors (Lipinski definition) is 1. The van der Waals surface area contributed by atoms with Crippen molar-refractivity contribution in [3.8, 4) is 0 Å². The van der Waals surface area contributed by atoms with Gasteiger partial charge in [-0.2, -0.15) is 0 Å². The largest absolute Gasteiger partial charge is 0.481 e. The summed E-state index contributed by atoms with van der Waals surface area (Å²) in [7, 11) is 3.84. The fourth-order valence-corrected chi connectivity index (χ4v) is 1.08. The molecule has 0 aromatic carbocycles. The maximum absolute atomic E-state index is 10.4. The van der Waals surface area contributed by atoms with Gasteiger partial charge in [-0.1, -0.05) is 13.3 Å². The SMILES string of the molecule is CCCC(CC(=O)O)N(C)C. The van der Waals surface area contributed by atoms with E-state index >= 15 is 0 Å². The highest BCUT2D eigenvalue weighted by Gasteiger charge is 2.13. The molecule has 0 spiro atoms. The monoisotopic (exact) mass is 159 g/mol. The summed E-state index contributed by atoms with van der Waals surface area (Å²) in [5.41, 5.74) is 0. The molecule has 0 amide bonds. The second kappa shape index (κ2) is 5.13. The van der Waals surface area contributed by atoms with Crippen molar-refractivity contribution in [1.29, 1.82) is 0 Å². The fraction of sp³-hybridized carbons (Fsp3) is 0.875. The molecule has 3 nitrogen and oxygen atoms in total. The lowest BCUT2D eigenvalue weighted by molar-refractivity contribution is -0.138. The minimum Gasteiger partial charge on any atom is -0.481 e. The van der Waals surface area contributed by atoms with Gasteiger partial charge in [0.25, 0.3) is 0 Å². The van der Waals surface area contributed by atoms with Crippen molar-refractivity contribution >= 4 is 5.97 Å². The van der Waals surface area contributed by atoms with Gasteiger partial charge in [-0.3, -0.25) is 4.79 Å². The van der Waals surface area contributed by atoms with E-state index in [4.69, 9.17) is 5.11 Å². The van der Waals surface area contributed by atoms with E-state index in [1.54, 1.807) is 0 Å². The van der Waals surface area contributed by atoms with Gasteiger partial charge in [0.2, 0.25) is 0 Å². The van der Waals surface area contributed by atoms with Crippen molar-refractivity contribution in [2.24, 2.45) is 0 Å². The summed E-state index contributed by atoms with van der Waals surface area (Å²) in [5.74, 6) is -0.711. The van der Waals surface area contributed by atoms with Crippen LogP contribution in [0.3, 0.4) is 0 Å². The summed E-state index contributed by atoms with van der Waals surface area (Å²) in [5, 5.41) is 8.53. The Balaban J connectivity index is 3.79. The summed E-state index contributed by atoms with van der Waals surface area (Å²) in [6.45, 7) is 2.07. The van der Waals surface area contributed by atoms with E-state index in [9.17, 15) is 4.79 Å². The Hall–Kier alpha value is -0.570. The second-order valence-corrected chi connectivity index (χ2v) is 3.00. The van der Waals surface area contributed by atoms with E-state index in [1.807, 2.05) is 19.0 Å². The van der Waals surface area contributed by atoms with Gasteiger partial charge in [-0.25, -0.2) is 0 Å². The van der Waals surface area contributed by atoms with Crippen LogP contribution in [-0.2, 0) is 4.79 Å². The zero-order valence-electron chi connectivity index (χ0n) is 7.50. The van der Waals surface area contributed by atoms with Crippen LogP contribution in [0.5, 0.6) is 0 Å². The Morgan fingerprint density at radius 2 is 2.09 bits per heavy atom. The van der Waals surface area contributed by atoms with Crippen molar-refractivity contribution in [2.75, 3.05) is 14.1 Å². The van der Waals surface area contributed by atoms with Crippen LogP contribution in [0.15, 0.2) is 0 Å².